The maximum absolute atomic E-state index is 12.4. The van der Waals surface area contributed by atoms with Gasteiger partial charge in [0.05, 0.1) is 30.6 Å². The van der Waals surface area contributed by atoms with Crippen LogP contribution >= 0.6 is 0 Å². The zero-order chi connectivity index (χ0) is 12.7. The molecule has 0 bridgehead atoms. The fourth-order valence-electron chi connectivity index (χ4n) is 2.38. The van der Waals surface area contributed by atoms with Crippen LogP contribution in [0.5, 0.6) is 0 Å². The lowest BCUT2D eigenvalue weighted by atomic mass is 10.2. The van der Waals surface area contributed by atoms with Crippen molar-refractivity contribution in [1.82, 2.24) is 15.1 Å². The Balaban J connectivity index is 1.82. The van der Waals surface area contributed by atoms with Crippen LogP contribution in [0.1, 0.15) is 41.9 Å². The number of nitrogens with two attached hydrogens (primary N) is 1. The van der Waals surface area contributed by atoms with E-state index in [1.54, 1.807) is 4.90 Å². The van der Waals surface area contributed by atoms with Gasteiger partial charge in [-0.1, -0.05) is 0 Å². The molecule has 1 aliphatic heterocycles. The summed E-state index contributed by atoms with van der Waals surface area (Å²) < 4.78 is 5.33. The Morgan fingerprint density at radius 1 is 1.56 bits per heavy atom. The number of ether oxygens (including phenoxy) is 1. The molecule has 0 aromatic carbocycles. The molecule has 6 heteroatoms. The highest BCUT2D eigenvalue weighted by Crippen LogP contribution is 2.42. The monoisotopic (exact) mass is 250 g/mol. The number of rotatable bonds is 2. The smallest absolute Gasteiger partial charge is 0.276 e. The first-order valence-electron chi connectivity index (χ1n) is 6.41. The molecule has 18 heavy (non-hydrogen) atoms. The predicted molar refractivity (Wildman–Crippen MR) is 66.3 cm³/mol. The van der Waals surface area contributed by atoms with E-state index in [4.69, 9.17) is 10.5 Å². The summed E-state index contributed by atoms with van der Waals surface area (Å²) in [7, 11) is 0. The SMILES string of the molecule is C[C@@H]1COCCN1C(=O)c1n[nH]c(C2CC2)c1N. The largest absolute Gasteiger partial charge is 0.395 e. The summed E-state index contributed by atoms with van der Waals surface area (Å²) in [5.74, 6) is 0.382. The average Bonchev–Trinajstić information content (AvgIpc) is 3.13. The van der Waals surface area contributed by atoms with E-state index in [0.717, 1.165) is 18.5 Å². The molecule has 1 aromatic rings. The normalized spacial score (nSPS) is 24.3. The summed E-state index contributed by atoms with van der Waals surface area (Å²) in [6.45, 7) is 3.73. The van der Waals surface area contributed by atoms with E-state index in [2.05, 4.69) is 10.2 Å². The highest BCUT2D eigenvalue weighted by atomic mass is 16.5. The molecule has 0 spiro atoms. The Morgan fingerprint density at radius 3 is 3.00 bits per heavy atom. The maximum atomic E-state index is 12.4. The predicted octanol–water partition coefficient (Wildman–Crippen LogP) is 0.730. The van der Waals surface area contributed by atoms with Crippen molar-refractivity contribution < 1.29 is 9.53 Å². The van der Waals surface area contributed by atoms with Gasteiger partial charge in [-0.25, -0.2) is 0 Å². The van der Waals surface area contributed by atoms with E-state index in [-0.39, 0.29) is 11.9 Å². The standard InChI is InChI=1S/C12H18N4O2/c1-7-6-18-5-4-16(7)12(17)11-9(13)10(14-15-11)8-2-3-8/h7-8H,2-6,13H2,1H3,(H,14,15)/t7-/m1/s1. The van der Waals surface area contributed by atoms with Gasteiger partial charge in [-0.2, -0.15) is 5.10 Å². The number of nitrogen functional groups attached to an aromatic ring is 1. The minimum Gasteiger partial charge on any atom is -0.395 e. The van der Waals surface area contributed by atoms with Crippen LogP contribution < -0.4 is 5.73 Å². The second kappa shape index (κ2) is 4.28. The average molecular weight is 250 g/mol. The Labute approximate surface area is 105 Å². The summed E-state index contributed by atoms with van der Waals surface area (Å²) in [5, 5.41) is 7.02. The number of nitrogens with zero attached hydrogens (tertiary/aromatic N) is 2. The van der Waals surface area contributed by atoms with Crippen molar-refractivity contribution in [3.8, 4) is 0 Å². The second-order valence-electron chi connectivity index (χ2n) is 5.10. The van der Waals surface area contributed by atoms with Gasteiger partial charge in [-0.05, 0) is 19.8 Å². The van der Waals surface area contributed by atoms with E-state index < -0.39 is 0 Å². The molecule has 98 valence electrons. The summed E-state index contributed by atoms with van der Waals surface area (Å²) in [5.41, 5.74) is 7.85. The number of carbonyl (C=O) groups excluding carboxylic acids is 1. The quantitative estimate of drug-likeness (QED) is 0.810. The van der Waals surface area contributed by atoms with Crippen LogP contribution in [0.4, 0.5) is 5.69 Å². The topological polar surface area (TPSA) is 84.2 Å². The molecule has 2 aliphatic rings. The molecule has 3 N–H and O–H groups in total. The number of H-pyrrole nitrogens is 1. The van der Waals surface area contributed by atoms with Crippen molar-refractivity contribution in [2.75, 3.05) is 25.5 Å². The maximum Gasteiger partial charge on any atom is 0.276 e. The summed E-state index contributed by atoms with van der Waals surface area (Å²) in [4.78, 5) is 14.2. The van der Waals surface area contributed by atoms with Gasteiger partial charge in [0.1, 0.15) is 0 Å². The molecule has 1 amide bonds. The number of hydrogen-bond acceptors (Lipinski definition) is 4. The Hall–Kier alpha value is -1.56. The van der Waals surface area contributed by atoms with Gasteiger partial charge in [0.2, 0.25) is 0 Å². The van der Waals surface area contributed by atoms with Crippen LogP contribution in [0.15, 0.2) is 0 Å². The molecule has 1 aromatic heterocycles. The Morgan fingerprint density at radius 2 is 2.33 bits per heavy atom. The van der Waals surface area contributed by atoms with Crippen LogP contribution in [0, 0.1) is 0 Å². The Bertz CT molecular complexity index is 467. The molecule has 2 fully saturated rings. The molecule has 6 nitrogen and oxygen atoms in total. The first kappa shape index (κ1) is 11.5. The minimum absolute atomic E-state index is 0.0757. The number of carbonyl (C=O) groups is 1. The summed E-state index contributed by atoms with van der Waals surface area (Å²) >= 11 is 0. The van der Waals surface area contributed by atoms with Crippen LogP contribution in [0.3, 0.4) is 0 Å². The van der Waals surface area contributed by atoms with Gasteiger partial charge < -0.3 is 15.4 Å². The zero-order valence-electron chi connectivity index (χ0n) is 10.5. The molecule has 0 radical (unpaired) electrons. The van der Waals surface area contributed by atoms with Gasteiger partial charge >= 0.3 is 0 Å². The number of aromatic nitrogens is 2. The van der Waals surface area contributed by atoms with Crippen molar-refractivity contribution in [3.05, 3.63) is 11.4 Å². The van der Waals surface area contributed by atoms with Crippen LogP contribution in [-0.4, -0.2) is 46.8 Å². The van der Waals surface area contributed by atoms with Gasteiger partial charge in [-0.15, -0.1) is 0 Å². The number of amides is 1. The fraction of sp³-hybridized carbons (Fsp3) is 0.667. The summed E-state index contributed by atoms with van der Waals surface area (Å²) in [6, 6.07) is 0.0757. The lowest BCUT2D eigenvalue weighted by Crippen LogP contribution is -2.47. The van der Waals surface area contributed by atoms with E-state index in [9.17, 15) is 4.79 Å². The number of hydrogen-bond donors (Lipinski definition) is 2. The molecular weight excluding hydrogens is 232 g/mol. The van der Waals surface area contributed by atoms with Crippen molar-refractivity contribution in [2.45, 2.75) is 31.7 Å². The van der Waals surface area contributed by atoms with E-state index in [0.29, 0.717) is 37.1 Å². The van der Waals surface area contributed by atoms with Gasteiger partial charge in [-0.3, -0.25) is 9.89 Å². The van der Waals surface area contributed by atoms with Gasteiger partial charge in [0, 0.05) is 12.5 Å². The van der Waals surface area contributed by atoms with Crippen LogP contribution in [-0.2, 0) is 4.74 Å². The number of aromatic amines is 1. The highest BCUT2D eigenvalue weighted by molar-refractivity contribution is 5.98. The lowest BCUT2D eigenvalue weighted by molar-refractivity contribution is 0.00333. The van der Waals surface area contributed by atoms with E-state index in [1.165, 1.54) is 0 Å². The molecule has 2 heterocycles. The molecule has 1 aliphatic carbocycles. The second-order valence-corrected chi connectivity index (χ2v) is 5.10. The third-order valence-corrected chi connectivity index (χ3v) is 3.65. The first-order chi connectivity index (χ1) is 8.68. The van der Waals surface area contributed by atoms with Crippen LogP contribution in [0.25, 0.3) is 0 Å². The zero-order valence-corrected chi connectivity index (χ0v) is 10.5. The number of nitrogens with one attached hydrogen (secondary N) is 1. The van der Waals surface area contributed by atoms with Crippen molar-refractivity contribution in [3.63, 3.8) is 0 Å². The lowest BCUT2D eigenvalue weighted by Gasteiger charge is -2.32. The summed E-state index contributed by atoms with van der Waals surface area (Å²) in [6.07, 6.45) is 2.27. The molecule has 1 saturated heterocycles. The van der Waals surface area contributed by atoms with Crippen molar-refractivity contribution in [2.24, 2.45) is 0 Å². The van der Waals surface area contributed by atoms with Gasteiger partial charge in [0.15, 0.2) is 5.69 Å². The molecule has 1 saturated carbocycles. The molecular formula is C12H18N4O2. The van der Waals surface area contributed by atoms with Crippen LogP contribution in [0.2, 0.25) is 0 Å². The van der Waals surface area contributed by atoms with Crippen molar-refractivity contribution in [1.29, 1.82) is 0 Å². The van der Waals surface area contributed by atoms with E-state index >= 15 is 0 Å². The fourth-order valence-corrected chi connectivity index (χ4v) is 2.38. The Kier molecular flexibility index (Phi) is 2.74. The molecule has 1 atom stereocenters. The third-order valence-electron chi connectivity index (χ3n) is 3.65. The first-order valence-corrected chi connectivity index (χ1v) is 6.41. The molecule has 0 unspecified atom stereocenters. The number of anilines is 1. The molecule has 3 rings (SSSR count). The third kappa shape index (κ3) is 1.86. The number of morpholine rings is 1. The van der Waals surface area contributed by atoms with Crippen molar-refractivity contribution >= 4 is 11.6 Å². The van der Waals surface area contributed by atoms with Gasteiger partial charge in [0.25, 0.3) is 5.91 Å². The van der Waals surface area contributed by atoms with E-state index in [1.807, 2.05) is 6.92 Å². The minimum atomic E-state index is -0.0912. The highest BCUT2D eigenvalue weighted by Gasteiger charge is 2.33.